The van der Waals surface area contributed by atoms with Crippen LogP contribution in [0, 0.1) is 0 Å². The molecule has 2 rings (SSSR count). The molecule has 1 unspecified atom stereocenters. The van der Waals surface area contributed by atoms with Crippen LogP contribution in [0.2, 0.25) is 0 Å². The second-order valence-electron chi connectivity index (χ2n) is 3.74. The Morgan fingerprint density at radius 2 is 2.24 bits per heavy atom. The first kappa shape index (κ1) is 11.4. The van der Waals surface area contributed by atoms with E-state index >= 15 is 0 Å². The number of hydrogen-bond donors (Lipinski definition) is 3. The van der Waals surface area contributed by atoms with Gasteiger partial charge in [-0.2, -0.15) is 0 Å². The number of carboxylic acids is 1. The normalized spacial score (nSPS) is 12.8. The molecule has 3 N–H and O–H groups in total. The Labute approximate surface area is 95.5 Å². The summed E-state index contributed by atoms with van der Waals surface area (Å²) in [4.78, 5) is 23.8. The molecule has 1 aromatic heterocycles. The van der Waals surface area contributed by atoms with Crippen LogP contribution in [0.4, 0.5) is 0 Å². The second kappa shape index (κ2) is 4.42. The number of aromatic nitrogens is 1. The van der Waals surface area contributed by atoms with Crippen molar-refractivity contribution in [3.63, 3.8) is 0 Å². The molecule has 1 atom stereocenters. The number of carboxylic acid groups (broad SMARTS) is 1. The summed E-state index contributed by atoms with van der Waals surface area (Å²) in [6.45, 7) is 0. The molecule has 0 fully saturated rings. The quantitative estimate of drug-likeness (QED) is 0.718. The van der Waals surface area contributed by atoms with Crippen molar-refractivity contribution < 1.29 is 19.4 Å². The molecule has 0 spiro atoms. The van der Waals surface area contributed by atoms with Crippen molar-refractivity contribution in [3.05, 3.63) is 34.3 Å². The first-order valence-corrected chi connectivity index (χ1v) is 5.09. The molecular weight excluding hydrogens is 226 g/mol. The van der Waals surface area contributed by atoms with Crippen LogP contribution in [0.15, 0.2) is 27.4 Å². The lowest BCUT2D eigenvalue weighted by molar-refractivity contribution is -0.146. The maximum absolute atomic E-state index is 10.9. The van der Waals surface area contributed by atoms with Crippen LogP contribution in [0.25, 0.3) is 11.1 Å². The van der Waals surface area contributed by atoms with Gasteiger partial charge in [0.25, 0.3) is 0 Å². The summed E-state index contributed by atoms with van der Waals surface area (Å²) in [7, 11) is 0. The van der Waals surface area contributed by atoms with Crippen molar-refractivity contribution in [2.75, 3.05) is 0 Å². The number of benzene rings is 1. The summed E-state index contributed by atoms with van der Waals surface area (Å²) in [6, 6.07) is 5.07. The third kappa shape index (κ3) is 2.54. The Bertz CT molecular complexity index is 597. The topological polar surface area (TPSA) is 104 Å². The molecule has 0 radical (unpaired) electrons. The Hall–Kier alpha value is -2.08. The molecule has 2 aromatic rings. The average molecular weight is 237 g/mol. The van der Waals surface area contributed by atoms with Crippen molar-refractivity contribution in [2.45, 2.75) is 18.9 Å². The molecule has 0 amide bonds. The number of rotatable bonds is 4. The Kier molecular flexibility index (Phi) is 2.97. The Morgan fingerprint density at radius 3 is 2.94 bits per heavy atom. The molecule has 0 saturated carbocycles. The number of oxazole rings is 1. The molecule has 0 aliphatic carbocycles. The molecule has 1 heterocycles. The van der Waals surface area contributed by atoms with Crippen molar-refractivity contribution in [2.24, 2.45) is 0 Å². The molecule has 0 aliphatic heterocycles. The highest BCUT2D eigenvalue weighted by molar-refractivity contribution is 5.73. The SMILES string of the molecule is O=C(O)C(O)CCc1ccc2oc(=O)[nH]c2c1. The summed E-state index contributed by atoms with van der Waals surface area (Å²) in [5.74, 6) is -1.76. The fraction of sp³-hybridized carbons (Fsp3) is 0.273. The number of H-pyrrole nitrogens is 1. The number of aryl methyl sites for hydroxylation is 1. The van der Waals surface area contributed by atoms with Crippen LogP contribution in [-0.2, 0) is 11.2 Å². The lowest BCUT2D eigenvalue weighted by Crippen LogP contribution is -2.19. The van der Waals surface area contributed by atoms with Crippen molar-refractivity contribution in [3.8, 4) is 0 Å². The zero-order valence-corrected chi connectivity index (χ0v) is 8.84. The first-order valence-electron chi connectivity index (χ1n) is 5.09. The first-order chi connectivity index (χ1) is 8.06. The molecular formula is C11H11NO5. The molecule has 1 aromatic carbocycles. The van der Waals surface area contributed by atoms with Gasteiger partial charge in [0, 0.05) is 0 Å². The minimum Gasteiger partial charge on any atom is -0.479 e. The zero-order valence-electron chi connectivity index (χ0n) is 8.84. The number of aliphatic hydroxyl groups excluding tert-OH is 1. The summed E-state index contributed by atoms with van der Waals surface area (Å²) in [5, 5.41) is 17.7. The molecule has 6 nitrogen and oxygen atoms in total. The second-order valence-corrected chi connectivity index (χ2v) is 3.74. The predicted molar refractivity (Wildman–Crippen MR) is 58.8 cm³/mol. The van der Waals surface area contributed by atoms with Crippen LogP contribution in [0.1, 0.15) is 12.0 Å². The van der Waals surface area contributed by atoms with E-state index in [1.54, 1.807) is 18.2 Å². The molecule has 90 valence electrons. The number of carbonyl (C=O) groups is 1. The lowest BCUT2D eigenvalue weighted by atomic mass is 10.1. The van der Waals surface area contributed by atoms with Gasteiger partial charge in [0.05, 0.1) is 5.52 Å². The fourth-order valence-corrected chi connectivity index (χ4v) is 1.58. The van der Waals surface area contributed by atoms with E-state index in [4.69, 9.17) is 14.6 Å². The van der Waals surface area contributed by atoms with E-state index in [-0.39, 0.29) is 6.42 Å². The summed E-state index contributed by atoms with van der Waals surface area (Å²) in [6.07, 6.45) is -0.825. The van der Waals surface area contributed by atoms with Crippen molar-refractivity contribution in [1.29, 1.82) is 0 Å². The van der Waals surface area contributed by atoms with Gasteiger partial charge in [-0.1, -0.05) is 6.07 Å². The van der Waals surface area contributed by atoms with Gasteiger partial charge >= 0.3 is 11.7 Å². The van der Waals surface area contributed by atoms with Crippen LogP contribution in [0.3, 0.4) is 0 Å². The summed E-state index contributed by atoms with van der Waals surface area (Å²) in [5.41, 5.74) is 1.85. The van der Waals surface area contributed by atoms with E-state index in [1.165, 1.54) is 0 Å². The van der Waals surface area contributed by atoms with E-state index < -0.39 is 17.8 Å². The number of aliphatic hydroxyl groups is 1. The number of nitrogens with one attached hydrogen (secondary N) is 1. The minimum atomic E-state index is -1.37. The van der Waals surface area contributed by atoms with Crippen LogP contribution in [-0.4, -0.2) is 27.3 Å². The number of hydrogen-bond acceptors (Lipinski definition) is 4. The van der Waals surface area contributed by atoms with Crippen molar-refractivity contribution >= 4 is 17.1 Å². The summed E-state index contributed by atoms with van der Waals surface area (Å²) < 4.78 is 4.83. The predicted octanol–water partition coefficient (Wildman–Crippen LogP) is 0.499. The van der Waals surface area contributed by atoms with E-state index in [9.17, 15) is 9.59 Å². The highest BCUT2D eigenvalue weighted by Gasteiger charge is 2.12. The Balaban J connectivity index is 2.14. The third-order valence-electron chi connectivity index (χ3n) is 2.47. The maximum atomic E-state index is 10.9. The maximum Gasteiger partial charge on any atom is 0.417 e. The number of aliphatic carboxylic acids is 1. The van der Waals surface area contributed by atoms with Gasteiger partial charge in [-0.3, -0.25) is 4.98 Å². The monoisotopic (exact) mass is 237 g/mol. The average Bonchev–Trinajstić information content (AvgIpc) is 2.64. The zero-order chi connectivity index (χ0) is 12.4. The number of fused-ring (bicyclic) bond motifs is 1. The van der Waals surface area contributed by atoms with Gasteiger partial charge in [0.1, 0.15) is 0 Å². The van der Waals surface area contributed by atoms with Crippen LogP contribution in [0.5, 0.6) is 0 Å². The molecule has 0 saturated heterocycles. The van der Waals surface area contributed by atoms with Gasteiger partial charge in [-0.05, 0) is 30.5 Å². The smallest absolute Gasteiger partial charge is 0.417 e. The van der Waals surface area contributed by atoms with Crippen molar-refractivity contribution in [1.82, 2.24) is 4.98 Å². The molecule has 17 heavy (non-hydrogen) atoms. The van der Waals surface area contributed by atoms with E-state index in [1.807, 2.05) is 0 Å². The molecule has 0 bridgehead atoms. The lowest BCUT2D eigenvalue weighted by Gasteiger charge is -2.04. The van der Waals surface area contributed by atoms with Crippen LogP contribution < -0.4 is 5.76 Å². The Morgan fingerprint density at radius 1 is 1.47 bits per heavy atom. The van der Waals surface area contributed by atoms with E-state index in [0.29, 0.717) is 17.5 Å². The van der Waals surface area contributed by atoms with Gasteiger partial charge in [0.15, 0.2) is 11.7 Å². The minimum absolute atomic E-state index is 0.128. The van der Waals surface area contributed by atoms with E-state index in [0.717, 1.165) is 5.56 Å². The summed E-state index contributed by atoms with van der Waals surface area (Å²) >= 11 is 0. The third-order valence-corrected chi connectivity index (χ3v) is 2.47. The molecule has 6 heteroatoms. The highest BCUT2D eigenvalue weighted by Crippen LogP contribution is 2.14. The highest BCUT2D eigenvalue weighted by atomic mass is 16.4. The van der Waals surface area contributed by atoms with Gasteiger partial charge in [-0.15, -0.1) is 0 Å². The fourth-order valence-electron chi connectivity index (χ4n) is 1.58. The van der Waals surface area contributed by atoms with Gasteiger partial charge < -0.3 is 14.6 Å². The van der Waals surface area contributed by atoms with E-state index in [2.05, 4.69) is 4.98 Å². The van der Waals surface area contributed by atoms with Crippen LogP contribution >= 0.6 is 0 Å². The van der Waals surface area contributed by atoms with Gasteiger partial charge in [0.2, 0.25) is 0 Å². The molecule has 0 aliphatic rings. The number of aromatic amines is 1. The largest absolute Gasteiger partial charge is 0.479 e. The standard InChI is InChI=1S/C11H11NO5/c13-8(10(14)15)3-1-6-2-4-9-7(5-6)12-11(16)17-9/h2,4-5,8,13H,1,3H2,(H,12,16)(H,14,15). The van der Waals surface area contributed by atoms with Gasteiger partial charge in [-0.25, -0.2) is 9.59 Å².